The van der Waals surface area contributed by atoms with Crippen LogP contribution >= 0.6 is 11.6 Å². The normalized spacial score (nSPS) is 14.1. The molecule has 222 valence electrons. The number of phenols is 1. The van der Waals surface area contributed by atoms with E-state index in [2.05, 4.69) is 45.8 Å². The van der Waals surface area contributed by atoms with E-state index in [-0.39, 0.29) is 16.3 Å². The molecule has 2 N–H and O–H groups in total. The Bertz CT molecular complexity index is 1540. The number of methoxy groups -OCH3 is 1. The number of nitrogens with zero attached hydrogens (tertiary/aromatic N) is 2. The Morgan fingerprint density at radius 1 is 1.02 bits per heavy atom. The molecule has 0 unspecified atom stereocenters. The van der Waals surface area contributed by atoms with Crippen LogP contribution in [-0.4, -0.2) is 55.5 Å². The number of amides is 1. The molecule has 1 amide bonds. The van der Waals surface area contributed by atoms with Crippen LogP contribution in [0.25, 0.3) is 11.1 Å². The summed E-state index contributed by atoms with van der Waals surface area (Å²) in [5, 5.41) is 13.8. The molecule has 0 spiro atoms. The maximum absolute atomic E-state index is 12.5. The standard InChI is InChI=1S/C35H36ClN3O4/c1-42-33-22-27(24-37-38-35(41)29-12-13-32(40)31(36)23-29)21-30(28-10-6-3-7-11-28)34(33)43-19-18-39-16-14-26(15-17-39)20-25-8-4-2-5-9-25/h2-13,21-24,26,40H,14-20H2,1H3,(H,38,41)/b37-24+. The lowest BCUT2D eigenvalue weighted by Gasteiger charge is -2.32. The summed E-state index contributed by atoms with van der Waals surface area (Å²) in [5.41, 5.74) is 6.79. The van der Waals surface area contributed by atoms with E-state index in [0.717, 1.165) is 48.7 Å². The summed E-state index contributed by atoms with van der Waals surface area (Å²) >= 11 is 5.93. The number of piperidine rings is 1. The molecule has 1 saturated heterocycles. The highest BCUT2D eigenvalue weighted by Gasteiger charge is 2.20. The maximum atomic E-state index is 12.5. The number of likely N-dealkylation sites (tertiary alicyclic amines) is 1. The second-order valence-electron chi connectivity index (χ2n) is 10.7. The topological polar surface area (TPSA) is 83.4 Å². The number of carbonyl (C=O) groups is 1. The third-order valence-corrected chi connectivity index (χ3v) is 8.00. The first kappa shape index (κ1) is 30.1. The maximum Gasteiger partial charge on any atom is 0.271 e. The van der Waals surface area contributed by atoms with Crippen molar-refractivity contribution in [1.82, 2.24) is 10.3 Å². The first-order valence-corrected chi connectivity index (χ1v) is 14.9. The Labute approximate surface area is 257 Å². The monoisotopic (exact) mass is 597 g/mol. The number of ether oxygens (including phenoxy) is 2. The molecule has 8 heteroatoms. The van der Waals surface area contributed by atoms with Crippen LogP contribution in [0.15, 0.2) is 96.1 Å². The van der Waals surface area contributed by atoms with Gasteiger partial charge in [0.25, 0.3) is 5.91 Å². The van der Waals surface area contributed by atoms with Crippen LogP contribution in [0.5, 0.6) is 17.2 Å². The molecule has 0 atom stereocenters. The SMILES string of the molecule is COc1cc(/C=N/NC(=O)c2ccc(O)c(Cl)c2)cc(-c2ccccc2)c1OCCN1CCC(Cc2ccccc2)CC1. The highest BCUT2D eigenvalue weighted by molar-refractivity contribution is 6.32. The molecule has 1 aliphatic rings. The molecule has 4 aromatic carbocycles. The molecule has 5 rings (SSSR count). The summed E-state index contributed by atoms with van der Waals surface area (Å²) in [6.07, 6.45) is 5.08. The van der Waals surface area contributed by atoms with Crippen LogP contribution in [0.4, 0.5) is 0 Å². The minimum absolute atomic E-state index is 0.0898. The highest BCUT2D eigenvalue weighted by Crippen LogP contribution is 2.39. The zero-order valence-corrected chi connectivity index (χ0v) is 25.0. The van der Waals surface area contributed by atoms with E-state index >= 15 is 0 Å². The molecule has 7 nitrogen and oxygen atoms in total. The van der Waals surface area contributed by atoms with Gasteiger partial charge < -0.3 is 14.6 Å². The van der Waals surface area contributed by atoms with Crippen LogP contribution in [-0.2, 0) is 6.42 Å². The quantitative estimate of drug-likeness (QED) is 0.146. The summed E-state index contributed by atoms with van der Waals surface area (Å²) in [7, 11) is 1.62. The average molecular weight is 598 g/mol. The van der Waals surface area contributed by atoms with E-state index in [1.165, 1.54) is 36.6 Å². The Morgan fingerprint density at radius 2 is 1.74 bits per heavy atom. The van der Waals surface area contributed by atoms with Crippen molar-refractivity contribution in [3.05, 3.63) is 113 Å². The second kappa shape index (κ2) is 14.7. The number of nitrogens with one attached hydrogen (secondary N) is 1. The van der Waals surface area contributed by atoms with E-state index in [9.17, 15) is 9.90 Å². The van der Waals surface area contributed by atoms with Crippen LogP contribution < -0.4 is 14.9 Å². The van der Waals surface area contributed by atoms with Gasteiger partial charge in [0.15, 0.2) is 11.5 Å². The number of halogens is 1. The fraction of sp³-hybridized carbons (Fsp3) is 0.257. The van der Waals surface area contributed by atoms with Gasteiger partial charge in [-0.15, -0.1) is 0 Å². The van der Waals surface area contributed by atoms with Crippen molar-refractivity contribution in [2.45, 2.75) is 19.3 Å². The zero-order chi connectivity index (χ0) is 30.0. The molecule has 43 heavy (non-hydrogen) atoms. The van der Waals surface area contributed by atoms with Crippen molar-refractivity contribution in [2.75, 3.05) is 33.4 Å². The Morgan fingerprint density at radius 3 is 2.44 bits per heavy atom. The fourth-order valence-corrected chi connectivity index (χ4v) is 5.53. The number of benzene rings is 4. The van der Waals surface area contributed by atoms with Crippen LogP contribution in [0.3, 0.4) is 0 Å². The van der Waals surface area contributed by atoms with Gasteiger partial charge in [-0.1, -0.05) is 72.3 Å². The van der Waals surface area contributed by atoms with Crippen molar-refractivity contribution < 1.29 is 19.4 Å². The fourth-order valence-electron chi connectivity index (χ4n) is 5.35. The second-order valence-corrected chi connectivity index (χ2v) is 11.1. The number of phenolic OH excluding ortho intramolecular Hbond substituents is 1. The first-order chi connectivity index (χ1) is 21.0. The number of carbonyl (C=O) groups excluding carboxylic acids is 1. The molecule has 1 aliphatic heterocycles. The smallest absolute Gasteiger partial charge is 0.271 e. The van der Waals surface area contributed by atoms with Crippen molar-refractivity contribution in [3.63, 3.8) is 0 Å². The van der Waals surface area contributed by atoms with E-state index in [4.69, 9.17) is 21.1 Å². The molecule has 0 aliphatic carbocycles. The summed E-state index contributed by atoms with van der Waals surface area (Å²) in [5.74, 6) is 1.45. The Hall–Kier alpha value is -4.33. The molecule has 1 heterocycles. The number of hydrazone groups is 1. The predicted molar refractivity (Wildman–Crippen MR) is 171 cm³/mol. The van der Waals surface area contributed by atoms with Gasteiger partial charge in [-0.2, -0.15) is 5.10 Å². The van der Waals surface area contributed by atoms with Gasteiger partial charge in [0.2, 0.25) is 0 Å². The van der Waals surface area contributed by atoms with Gasteiger partial charge in [-0.25, -0.2) is 5.43 Å². The zero-order valence-electron chi connectivity index (χ0n) is 24.2. The molecule has 4 aromatic rings. The van der Waals surface area contributed by atoms with E-state index < -0.39 is 5.91 Å². The molecule has 0 aromatic heterocycles. The van der Waals surface area contributed by atoms with Crippen LogP contribution in [0, 0.1) is 5.92 Å². The molecule has 0 bridgehead atoms. The lowest BCUT2D eigenvalue weighted by molar-refractivity contribution is 0.0955. The van der Waals surface area contributed by atoms with Gasteiger partial charge in [0, 0.05) is 17.7 Å². The van der Waals surface area contributed by atoms with E-state index in [0.29, 0.717) is 18.1 Å². The third-order valence-electron chi connectivity index (χ3n) is 7.70. The number of hydrogen-bond acceptors (Lipinski definition) is 6. The molecule has 1 fully saturated rings. The summed E-state index contributed by atoms with van der Waals surface area (Å²) in [6, 6.07) is 28.8. The van der Waals surface area contributed by atoms with Crippen molar-refractivity contribution >= 4 is 23.7 Å². The minimum Gasteiger partial charge on any atom is -0.506 e. The number of aromatic hydroxyl groups is 1. The van der Waals surface area contributed by atoms with Crippen LogP contribution in [0.1, 0.15) is 34.3 Å². The van der Waals surface area contributed by atoms with Gasteiger partial charge in [0.1, 0.15) is 12.4 Å². The highest BCUT2D eigenvalue weighted by atomic mass is 35.5. The van der Waals surface area contributed by atoms with Gasteiger partial charge in [-0.3, -0.25) is 9.69 Å². The first-order valence-electron chi connectivity index (χ1n) is 14.5. The molecule has 0 radical (unpaired) electrons. The number of rotatable bonds is 11. The number of hydrogen-bond donors (Lipinski definition) is 2. The third kappa shape index (κ3) is 8.15. The Balaban J connectivity index is 1.24. The lowest BCUT2D eigenvalue weighted by Crippen LogP contribution is -2.37. The molecule has 0 saturated carbocycles. The van der Waals surface area contributed by atoms with Crippen molar-refractivity contribution in [2.24, 2.45) is 11.0 Å². The summed E-state index contributed by atoms with van der Waals surface area (Å²) < 4.78 is 12.2. The average Bonchev–Trinajstić information content (AvgIpc) is 3.04. The van der Waals surface area contributed by atoms with Crippen LogP contribution in [0.2, 0.25) is 5.02 Å². The van der Waals surface area contributed by atoms with Gasteiger partial charge in [0.05, 0.1) is 18.3 Å². The van der Waals surface area contributed by atoms with E-state index in [1.54, 1.807) is 13.3 Å². The minimum atomic E-state index is -0.447. The predicted octanol–water partition coefficient (Wildman–Crippen LogP) is 6.82. The lowest BCUT2D eigenvalue weighted by atomic mass is 9.90. The van der Waals surface area contributed by atoms with Crippen molar-refractivity contribution in [1.29, 1.82) is 0 Å². The largest absolute Gasteiger partial charge is 0.506 e. The van der Waals surface area contributed by atoms with Crippen molar-refractivity contribution in [3.8, 4) is 28.4 Å². The van der Waals surface area contributed by atoms with Gasteiger partial charge in [-0.05, 0) is 85.3 Å². The summed E-state index contributed by atoms with van der Waals surface area (Å²) in [6.45, 7) is 3.52. The van der Waals surface area contributed by atoms with Gasteiger partial charge >= 0.3 is 0 Å². The molecular weight excluding hydrogens is 562 g/mol. The molecular formula is C35H36ClN3O4. The summed E-state index contributed by atoms with van der Waals surface area (Å²) in [4.78, 5) is 15.0. The van der Waals surface area contributed by atoms with E-state index in [1.807, 2.05) is 42.5 Å². The Kier molecular flexibility index (Phi) is 10.3.